The third-order valence-corrected chi connectivity index (χ3v) is 3.86. The Balaban J connectivity index is 0.00000324. The Labute approximate surface area is 163 Å². The molecule has 0 saturated carbocycles. The Kier molecular flexibility index (Phi) is 9.05. The molecule has 0 bridgehead atoms. The molecule has 1 aromatic heterocycles. The second-order valence-corrected chi connectivity index (χ2v) is 5.09. The van der Waals surface area contributed by atoms with Crippen molar-refractivity contribution in [2.24, 2.45) is 0 Å². The maximum absolute atomic E-state index is 12.1. The van der Waals surface area contributed by atoms with Crippen LogP contribution in [0.15, 0.2) is 9.59 Å². The second-order valence-electron chi connectivity index (χ2n) is 4.20. The third kappa shape index (κ3) is 4.53. The van der Waals surface area contributed by atoms with Crippen LogP contribution in [0, 0.1) is 6.92 Å². The van der Waals surface area contributed by atoms with Gasteiger partial charge in [0.15, 0.2) is 0 Å². The largest absolute Gasteiger partial charge is 1.00 e. The molecule has 1 atom stereocenters. The number of rotatable bonds is 5. The fourth-order valence-corrected chi connectivity index (χ4v) is 2.79. The Hall–Kier alpha value is 0.585. The van der Waals surface area contributed by atoms with Crippen LogP contribution in [0.1, 0.15) is 31.5 Å². The molecular formula is C12H19N3O2PRb. The minimum absolute atomic E-state index is 0. The Morgan fingerprint density at radius 3 is 2.37 bits per heavy atom. The minimum Gasteiger partial charge on any atom is -0.811 e. The van der Waals surface area contributed by atoms with E-state index in [2.05, 4.69) is 0 Å². The van der Waals surface area contributed by atoms with E-state index in [1.807, 2.05) is 6.66 Å². The smallest absolute Gasteiger partial charge is 0.811 e. The van der Waals surface area contributed by atoms with Gasteiger partial charge in [-0.05, 0) is 42.1 Å². The van der Waals surface area contributed by atoms with Gasteiger partial charge in [-0.1, -0.05) is 6.92 Å². The molecule has 0 N–H and O–H groups in total. The molecule has 1 aromatic rings. The van der Waals surface area contributed by atoms with Crippen LogP contribution in [0.4, 0.5) is 0 Å². The third-order valence-electron chi connectivity index (χ3n) is 2.95. The van der Waals surface area contributed by atoms with E-state index >= 15 is 0 Å². The van der Waals surface area contributed by atoms with E-state index in [9.17, 15) is 15.0 Å². The van der Waals surface area contributed by atoms with Gasteiger partial charge in [-0.25, -0.2) is 10.5 Å². The molecule has 19 heavy (non-hydrogen) atoms. The van der Waals surface area contributed by atoms with E-state index in [0.717, 1.165) is 5.69 Å². The number of hydrogen-bond donors (Lipinski definition) is 0. The molecule has 100 valence electrons. The summed E-state index contributed by atoms with van der Waals surface area (Å²) in [6.45, 7) is 7.45. The van der Waals surface area contributed by atoms with Crippen LogP contribution in [-0.4, -0.2) is 21.3 Å². The summed E-state index contributed by atoms with van der Waals surface area (Å²) >= 11 is 0. The van der Waals surface area contributed by atoms with Crippen LogP contribution in [0.3, 0.4) is 0 Å². The van der Waals surface area contributed by atoms with Gasteiger partial charge in [0.2, 0.25) is 0 Å². The summed E-state index contributed by atoms with van der Waals surface area (Å²) in [5.41, 5.74) is 1.19. The predicted molar refractivity (Wildman–Crippen MR) is 77.4 cm³/mol. The van der Waals surface area contributed by atoms with E-state index in [4.69, 9.17) is 0 Å². The average molecular weight is 354 g/mol. The van der Waals surface area contributed by atoms with Crippen LogP contribution in [0.2, 0.25) is 0 Å². The van der Waals surface area contributed by atoms with Gasteiger partial charge in [0.25, 0.3) is 5.56 Å². The van der Waals surface area contributed by atoms with Crippen molar-refractivity contribution in [2.45, 2.75) is 40.2 Å². The summed E-state index contributed by atoms with van der Waals surface area (Å²) < 4.78 is 2.90. The zero-order valence-corrected chi connectivity index (χ0v) is 18.2. The zero-order chi connectivity index (χ0) is 13.9. The Bertz CT molecular complexity index is 578. The monoisotopic (exact) mass is 353 g/mol. The Morgan fingerprint density at radius 2 is 1.95 bits per heavy atom. The van der Waals surface area contributed by atoms with Crippen molar-refractivity contribution in [3.63, 3.8) is 0 Å². The molecule has 0 aliphatic rings. The van der Waals surface area contributed by atoms with Gasteiger partial charge in [0.05, 0.1) is 0 Å². The van der Waals surface area contributed by atoms with Crippen molar-refractivity contribution in [2.75, 3.05) is 6.66 Å². The predicted octanol–water partition coefficient (Wildman–Crippen LogP) is -1.62. The fourth-order valence-electron chi connectivity index (χ4n) is 1.92. The van der Waals surface area contributed by atoms with Gasteiger partial charge >= 0.3 is 63.9 Å². The fraction of sp³-hybridized carbons (Fsp3) is 0.583. The van der Waals surface area contributed by atoms with Crippen LogP contribution < -0.4 is 69.4 Å². The summed E-state index contributed by atoms with van der Waals surface area (Å²) in [5, 5.41) is 9.26. The van der Waals surface area contributed by atoms with Crippen molar-refractivity contribution in [1.82, 2.24) is 8.90 Å². The molecule has 7 heteroatoms. The summed E-state index contributed by atoms with van der Waals surface area (Å²) in [7, 11) is 0.277. The molecule has 1 rings (SSSR count). The topological polar surface area (TPSA) is 66.3 Å². The summed E-state index contributed by atoms with van der Waals surface area (Å²) in [5.74, 6) is 0. The normalized spacial score (nSPS) is 10.7. The number of aromatic nitrogens is 2. The molecular weight excluding hydrogens is 335 g/mol. The van der Waals surface area contributed by atoms with E-state index in [1.54, 1.807) is 25.1 Å². The van der Waals surface area contributed by atoms with Gasteiger partial charge in [-0.2, -0.15) is 0 Å². The average Bonchev–Trinajstić information content (AvgIpc) is 2.32. The number of nitrogens with zero attached hydrogens (tertiary/aromatic N) is 3. The summed E-state index contributed by atoms with van der Waals surface area (Å²) in [4.78, 5) is 24.2. The van der Waals surface area contributed by atoms with E-state index in [1.165, 1.54) is 4.57 Å². The van der Waals surface area contributed by atoms with Crippen molar-refractivity contribution in [1.29, 1.82) is 0 Å². The van der Waals surface area contributed by atoms with Crippen LogP contribution in [-0.2, 0) is 13.0 Å². The quantitative estimate of drug-likeness (QED) is 0.471. The molecule has 0 spiro atoms. The molecule has 0 saturated heterocycles. The van der Waals surface area contributed by atoms with Gasteiger partial charge in [0.1, 0.15) is 0 Å². The van der Waals surface area contributed by atoms with Crippen LogP contribution in [0.5, 0.6) is 0 Å². The van der Waals surface area contributed by atoms with Crippen LogP contribution >= 0.6 is 8.73 Å². The maximum atomic E-state index is 12.1. The molecule has 1 heterocycles. The van der Waals surface area contributed by atoms with Crippen molar-refractivity contribution >= 4 is 14.4 Å². The molecule has 0 aliphatic heterocycles. The van der Waals surface area contributed by atoms with Gasteiger partial charge < -0.3 is 5.41 Å². The van der Waals surface area contributed by atoms with Crippen molar-refractivity contribution < 1.29 is 58.2 Å². The maximum Gasteiger partial charge on any atom is 1.00 e. The molecule has 0 amide bonds. The molecule has 5 nitrogen and oxygen atoms in total. The molecule has 0 aliphatic carbocycles. The van der Waals surface area contributed by atoms with Gasteiger partial charge in [0, 0.05) is 17.8 Å². The standard InChI is InChI=1S/C12H19N3O2P.Rb/c1-5-14-11(16)9(3)10(7-6-8(2)13)15(18-4)12(14)17;/h18H,5-7H2,1-4H3;/q-1;+1. The van der Waals surface area contributed by atoms with E-state index in [0.29, 0.717) is 30.7 Å². The Morgan fingerprint density at radius 1 is 1.37 bits per heavy atom. The van der Waals surface area contributed by atoms with E-state index < -0.39 is 0 Å². The minimum atomic E-state index is -0.250. The van der Waals surface area contributed by atoms with Crippen LogP contribution in [0.25, 0.3) is 5.41 Å². The first kappa shape index (κ1) is 19.6. The number of hydrogen-bond acceptors (Lipinski definition) is 2. The molecule has 1 unspecified atom stereocenters. The second kappa shape index (κ2) is 8.78. The van der Waals surface area contributed by atoms with Crippen molar-refractivity contribution in [3.8, 4) is 0 Å². The summed E-state index contributed by atoms with van der Waals surface area (Å²) in [6.07, 6.45) is 0.990. The molecule has 0 aromatic carbocycles. The molecule has 0 fully saturated rings. The zero-order valence-electron chi connectivity index (χ0n) is 12.3. The van der Waals surface area contributed by atoms with Gasteiger partial charge in [-0.15, -0.1) is 0 Å². The van der Waals surface area contributed by atoms with Crippen molar-refractivity contribution in [3.05, 3.63) is 37.5 Å². The molecule has 0 radical (unpaired) electrons. The first-order chi connectivity index (χ1) is 8.43. The summed E-state index contributed by atoms with van der Waals surface area (Å²) in [6, 6.07) is 0. The SMILES string of the molecule is CCn1c(=O)c(C)c(CCC(C)=[N-])n(PC)c1=O.[Rb+]. The van der Waals surface area contributed by atoms with Gasteiger partial charge in [-0.3, -0.25) is 13.7 Å². The first-order valence-electron chi connectivity index (χ1n) is 5.98. The van der Waals surface area contributed by atoms with E-state index in [-0.39, 0.29) is 78.2 Å². The first-order valence-corrected chi connectivity index (χ1v) is 7.43.